The molecule has 2 rings (SSSR count). The van der Waals surface area contributed by atoms with E-state index in [2.05, 4.69) is 19.2 Å². The fourth-order valence-corrected chi connectivity index (χ4v) is 2.94. The molecule has 1 aliphatic rings. The Bertz CT molecular complexity index is 525. The number of benzene rings is 1. The summed E-state index contributed by atoms with van der Waals surface area (Å²) in [7, 11) is 0. The smallest absolute Gasteiger partial charge is 0.335 e. The molecule has 1 atom stereocenters. The molecule has 5 heteroatoms. The van der Waals surface area contributed by atoms with Crippen LogP contribution < -0.4 is 5.32 Å². The van der Waals surface area contributed by atoms with Gasteiger partial charge in [0.1, 0.15) is 0 Å². The average molecular weight is 304 g/mol. The molecule has 22 heavy (non-hydrogen) atoms. The molecule has 1 aromatic carbocycles. The molecule has 0 saturated carbocycles. The van der Waals surface area contributed by atoms with Crippen LogP contribution in [0.3, 0.4) is 0 Å². The fourth-order valence-electron chi connectivity index (χ4n) is 2.94. The van der Waals surface area contributed by atoms with Crippen molar-refractivity contribution in [2.75, 3.05) is 6.54 Å². The number of nitrogens with one attached hydrogen (secondary N) is 1. The van der Waals surface area contributed by atoms with E-state index in [0.29, 0.717) is 18.5 Å². The number of urea groups is 1. The van der Waals surface area contributed by atoms with Gasteiger partial charge in [-0.15, -0.1) is 0 Å². The van der Waals surface area contributed by atoms with Crippen LogP contribution in [-0.2, 0) is 6.54 Å². The van der Waals surface area contributed by atoms with Crippen LogP contribution in [0, 0.1) is 5.92 Å². The van der Waals surface area contributed by atoms with Gasteiger partial charge in [0.25, 0.3) is 0 Å². The van der Waals surface area contributed by atoms with Crippen molar-refractivity contribution in [1.82, 2.24) is 10.2 Å². The highest BCUT2D eigenvalue weighted by molar-refractivity contribution is 5.87. The van der Waals surface area contributed by atoms with Crippen LogP contribution in [0.4, 0.5) is 4.79 Å². The van der Waals surface area contributed by atoms with Gasteiger partial charge in [0, 0.05) is 19.1 Å². The highest BCUT2D eigenvalue weighted by atomic mass is 16.4. The van der Waals surface area contributed by atoms with Crippen LogP contribution >= 0.6 is 0 Å². The Labute approximate surface area is 131 Å². The Balaban J connectivity index is 1.87. The van der Waals surface area contributed by atoms with Gasteiger partial charge in [-0.05, 0) is 42.9 Å². The van der Waals surface area contributed by atoms with E-state index >= 15 is 0 Å². The molecule has 1 unspecified atom stereocenters. The average Bonchev–Trinajstić information content (AvgIpc) is 2.92. The molecule has 2 amide bonds. The standard InChI is InChI=1S/C17H24N2O3/c1-12(2)10-15-4-3-9-19(15)17(22)18-11-13-5-7-14(8-6-13)16(20)21/h5-8,12,15H,3-4,9-11H2,1-2H3,(H,18,22)(H,20,21). The maximum Gasteiger partial charge on any atom is 0.335 e. The molecule has 0 spiro atoms. The zero-order valence-corrected chi connectivity index (χ0v) is 13.2. The topological polar surface area (TPSA) is 69.6 Å². The molecule has 1 saturated heterocycles. The van der Waals surface area contributed by atoms with Crippen LogP contribution in [0.1, 0.15) is 49.0 Å². The van der Waals surface area contributed by atoms with Crippen LogP contribution in [0.5, 0.6) is 0 Å². The summed E-state index contributed by atoms with van der Waals surface area (Å²) in [4.78, 5) is 25.0. The van der Waals surface area contributed by atoms with Crippen molar-refractivity contribution in [3.63, 3.8) is 0 Å². The molecule has 1 aliphatic heterocycles. The van der Waals surface area contributed by atoms with Gasteiger partial charge in [-0.25, -0.2) is 9.59 Å². The molecule has 2 N–H and O–H groups in total. The maximum atomic E-state index is 12.3. The number of carbonyl (C=O) groups is 2. The summed E-state index contributed by atoms with van der Waals surface area (Å²) in [5, 5.41) is 11.8. The number of likely N-dealkylation sites (tertiary alicyclic amines) is 1. The number of aromatic carboxylic acids is 1. The number of hydrogen-bond donors (Lipinski definition) is 2. The predicted octanol–water partition coefficient (Wildman–Crippen LogP) is 3.10. The van der Waals surface area contributed by atoms with Crippen molar-refractivity contribution in [3.8, 4) is 0 Å². The number of carboxylic acid groups (broad SMARTS) is 1. The number of nitrogens with zero attached hydrogens (tertiary/aromatic N) is 1. The molecular weight excluding hydrogens is 280 g/mol. The Kier molecular flexibility index (Phi) is 5.41. The van der Waals surface area contributed by atoms with E-state index in [-0.39, 0.29) is 11.6 Å². The third kappa shape index (κ3) is 4.23. The number of carbonyl (C=O) groups excluding carboxylic acids is 1. The lowest BCUT2D eigenvalue weighted by Gasteiger charge is -2.26. The lowest BCUT2D eigenvalue weighted by Crippen LogP contribution is -2.42. The van der Waals surface area contributed by atoms with Crippen LogP contribution in [0.2, 0.25) is 0 Å². The van der Waals surface area contributed by atoms with Crippen molar-refractivity contribution < 1.29 is 14.7 Å². The number of carboxylic acids is 1. The Morgan fingerprint density at radius 2 is 2.00 bits per heavy atom. The normalized spacial score (nSPS) is 17.8. The quantitative estimate of drug-likeness (QED) is 0.878. The van der Waals surface area contributed by atoms with E-state index in [4.69, 9.17) is 5.11 Å². The van der Waals surface area contributed by atoms with E-state index in [1.807, 2.05) is 4.90 Å². The van der Waals surface area contributed by atoms with Crippen molar-refractivity contribution in [3.05, 3.63) is 35.4 Å². The summed E-state index contributed by atoms with van der Waals surface area (Å²) in [6.07, 6.45) is 3.19. The molecule has 0 bridgehead atoms. The van der Waals surface area contributed by atoms with E-state index in [1.165, 1.54) is 0 Å². The van der Waals surface area contributed by atoms with Gasteiger partial charge >= 0.3 is 12.0 Å². The zero-order chi connectivity index (χ0) is 16.1. The minimum absolute atomic E-state index is 0.0227. The van der Waals surface area contributed by atoms with Crippen molar-refractivity contribution in [2.45, 2.75) is 45.7 Å². The lowest BCUT2D eigenvalue weighted by atomic mass is 10.0. The van der Waals surface area contributed by atoms with Gasteiger partial charge in [0.2, 0.25) is 0 Å². The van der Waals surface area contributed by atoms with Crippen molar-refractivity contribution in [2.24, 2.45) is 5.92 Å². The van der Waals surface area contributed by atoms with E-state index in [9.17, 15) is 9.59 Å². The van der Waals surface area contributed by atoms with Crippen molar-refractivity contribution in [1.29, 1.82) is 0 Å². The number of hydrogen-bond acceptors (Lipinski definition) is 2. The Hall–Kier alpha value is -2.04. The first kappa shape index (κ1) is 16.3. The summed E-state index contributed by atoms with van der Waals surface area (Å²) in [5.74, 6) is -0.355. The van der Waals surface area contributed by atoms with Gasteiger partial charge in [0.15, 0.2) is 0 Å². The molecule has 0 radical (unpaired) electrons. The molecule has 1 aromatic rings. The van der Waals surface area contributed by atoms with Gasteiger partial charge in [0.05, 0.1) is 5.56 Å². The van der Waals surface area contributed by atoms with E-state index in [1.54, 1.807) is 24.3 Å². The summed E-state index contributed by atoms with van der Waals surface area (Å²) in [5.41, 5.74) is 1.16. The third-order valence-corrected chi connectivity index (χ3v) is 4.03. The first-order valence-electron chi connectivity index (χ1n) is 7.84. The largest absolute Gasteiger partial charge is 0.478 e. The van der Waals surface area contributed by atoms with Gasteiger partial charge < -0.3 is 15.3 Å². The molecule has 1 heterocycles. The summed E-state index contributed by atoms with van der Waals surface area (Å²) < 4.78 is 0. The van der Waals surface area contributed by atoms with Gasteiger partial charge in [-0.1, -0.05) is 26.0 Å². The second kappa shape index (κ2) is 7.29. The molecule has 1 fully saturated rings. The molecule has 0 aliphatic carbocycles. The van der Waals surface area contributed by atoms with Crippen molar-refractivity contribution >= 4 is 12.0 Å². The van der Waals surface area contributed by atoms with E-state index < -0.39 is 5.97 Å². The number of rotatable bonds is 5. The molecular formula is C17H24N2O3. The fraction of sp³-hybridized carbons (Fsp3) is 0.529. The van der Waals surface area contributed by atoms with Crippen LogP contribution in [0.25, 0.3) is 0 Å². The first-order chi connectivity index (χ1) is 10.5. The summed E-state index contributed by atoms with van der Waals surface area (Å²) in [6, 6.07) is 6.90. The zero-order valence-electron chi connectivity index (χ0n) is 13.2. The molecule has 120 valence electrons. The summed E-state index contributed by atoms with van der Waals surface area (Å²) >= 11 is 0. The van der Waals surface area contributed by atoms with Crippen LogP contribution in [-0.4, -0.2) is 34.6 Å². The second-order valence-electron chi connectivity index (χ2n) is 6.28. The van der Waals surface area contributed by atoms with Gasteiger partial charge in [-0.2, -0.15) is 0 Å². The lowest BCUT2D eigenvalue weighted by molar-refractivity contribution is 0.0697. The van der Waals surface area contributed by atoms with E-state index in [0.717, 1.165) is 31.4 Å². The first-order valence-corrected chi connectivity index (χ1v) is 7.84. The SMILES string of the molecule is CC(C)CC1CCCN1C(=O)NCc1ccc(C(=O)O)cc1. The minimum atomic E-state index is -0.941. The monoisotopic (exact) mass is 304 g/mol. The second-order valence-corrected chi connectivity index (χ2v) is 6.28. The molecule has 0 aromatic heterocycles. The predicted molar refractivity (Wildman–Crippen MR) is 84.8 cm³/mol. The Morgan fingerprint density at radius 1 is 1.32 bits per heavy atom. The minimum Gasteiger partial charge on any atom is -0.478 e. The maximum absolute atomic E-state index is 12.3. The summed E-state index contributed by atoms with van der Waals surface area (Å²) in [6.45, 7) is 5.60. The number of amides is 2. The van der Waals surface area contributed by atoms with Crippen LogP contribution in [0.15, 0.2) is 24.3 Å². The highest BCUT2D eigenvalue weighted by Gasteiger charge is 2.28. The van der Waals surface area contributed by atoms with Gasteiger partial charge in [-0.3, -0.25) is 0 Å². The highest BCUT2D eigenvalue weighted by Crippen LogP contribution is 2.23. The third-order valence-electron chi connectivity index (χ3n) is 4.03. The Morgan fingerprint density at radius 3 is 2.59 bits per heavy atom. The molecule has 5 nitrogen and oxygen atoms in total.